The molecule has 0 unspecified atom stereocenters. The molecule has 11 rings (SSSR count). The van der Waals surface area contributed by atoms with Crippen LogP contribution in [0.2, 0.25) is 0 Å². The molecule has 3 aromatic rings. The fourth-order valence-corrected chi connectivity index (χ4v) is 19.6. The molecule has 0 saturated heterocycles. The number of aromatic nitrogens is 4. The lowest BCUT2D eigenvalue weighted by Gasteiger charge is -2.67. The molecule has 46 heavy (non-hydrogen) atoms. The average molecular weight is 651 g/mol. The maximum Gasteiger partial charge on any atom is 0.158 e. The van der Waals surface area contributed by atoms with E-state index in [4.69, 9.17) is 19.9 Å². The molecule has 2 heterocycles. The molecule has 1 aromatic carbocycles. The van der Waals surface area contributed by atoms with Crippen molar-refractivity contribution in [3.05, 3.63) is 71.8 Å². The summed E-state index contributed by atoms with van der Waals surface area (Å²) in [6.07, 6.45) is 28.5. The van der Waals surface area contributed by atoms with Gasteiger partial charge in [-0.25, -0.2) is 19.9 Å². The largest absolute Gasteiger partial charge is 0.237 e. The first-order chi connectivity index (χ1) is 22.2. The fraction of sp³-hybridized carbons (Fsp3) is 0.650. The van der Waals surface area contributed by atoms with Crippen LogP contribution < -0.4 is 11.1 Å². The van der Waals surface area contributed by atoms with Crippen LogP contribution in [0.4, 0.5) is 0 Å². The standard InChI is InChI=1S/C40H52N4P2/c1-38(2,3)35-7-6-33(34(18-35)25-45(36-41-8-4-9-42-36)37-43-10-5-11-44-37)26-46(39-19-27-12-28(20-39)14-29(13-27)21-39)40-22-30-15-31(23-40)17-32(16-30)24-40/h4-11,18,27-32H,12-17,19-26H2,1-3H3. The minimum Gasteiger partial charge on any atom is -0.237 e. The Morgan fingerprint density at radius 2 is 1.00 bits per heavy atom. The molecule has 8 saturated carbocycles. The Morgan fingerprint density at radius 1 is 0.587 bits per heavy atom. The number of hydrogen-bond donors (Lipinski definition) is 0. The van der Waals surface area contributed by atoms with Gasteiger partial charge in [0.1, 0.15) is 0 Å². The molecule has 8 fully saturated rings. The summed E-state index contributed by atoms with van der Waals surface area (Å²) in [6, 6.07) is 11.5. The molecular formula is C40H52N4P2. The summed E-state index contributed by atoms with van der Waals surface area (Å²) in [5.41, 5.74) is 6.52. The summed E-state index contributed by atoms with van der Waals surface area (Å²) in [4.78, 5) is 19.2. The number of benzene rings is 1. The van der Waals surface area contributed by atoms with Crippen molar-refractivity contribution in [3.63, 3.8) is 0 Å². The van der Waals surface area contributed by atoms with Crippen LogP contribution in [0.3, 0.4) is 0 Å². The number of nitrogens with zero attached hydrogens (tertiary/aromatic N) is 4. The van der Waals surface area contributed by atoms with E-state index in [1.54, 1.807) is 82.6 Å². The van der Waals surface area contributed by atoms with Gasteiger partial charge in [0.25, 0.3) is 0 Å². The van der Waals surface area contributed by atoms with Crippen LogP contribution in [-0.2, 0) is 17.7 Å². The van der Waals surface area contributed by atoms with Crippen LogP contribution in [0.1, 0.15) is 115 Å². The SMILES string of the molecule is CC(C)(C)c1ccc(CP(C23CC4CC(CC(C4)C2)C3)C23CC4CC(CC(C4)C2)C3)c(CP(c2ncccn2)c2ncccn2)c1. The fourth-order valence-electron chi connectivity index (χ4n) is 12.5. The van der Waals surface area contributed by atoms with Gasteiger partial charge in [0.2, 0.25) is 0 Å². The van der Waals surface area contributed by atoms with Gasteiger partial charge < -0.3 is 0 Å². The Bertz CT molecular complexity index is 1410. The number of rotatable bonds is 8. The molecule has 8 bridgehead atoms. The second-order valence-corrected chi connectivity index (χ2v) is 22.8. The smallest absolute Gasteiger partial charge is 0.158 e. The van der Waals surface area contributed by atoms with E-state index < -0.39 is 7.92 Å². The lowest BCUT2D eigenvalue weighted by atomic mass is 9.55. The molecular weight excluding hydrogens is 598 g/mol. The zero-order valence-corrected chi connectivity index (χ0v) is 30.0. The summed E-state index contributed by atoms with van der Waals surface area (Å²) in [5.74, 6) is 6.12. The normalized spacial score (nSPS) is 36.4. The van der Waals surface area contributed by atoms with Gasteiger partial charge in [-0.15, -0.1) is 0 Å². The molecule has 8 aliphatic carbocycles. The highest BCUT2D eigenvalue weighted by atomic mass is 31.1. The second kappa shape index (κ2) is 11.4. The third kappa shape index (κ3) is 5.41. The molecule has 0 N–H and O–H groups in total. The zero-order valence-electron chi connectivity index (χ0n) is 28.2. The van der Waals surface area contributed by atoms with E-state index in [9.17, 15) is 0 Å². The first-order valence-corrected chi connectivity index (χ1v) is 21.5. The average Bonchev–Trinajstić information content (AvgIpc) is 3.02. The maximum atomic E-state index is 4.81. The van der Waals surface area contributed by atoms with Crippen LogP contribution in [0.5, 0.6) is 0 Å². The van der Waals surface area contributed by atoms with E-state index in [0.29, 0.717) is 10.3 Å². The molecule has 8 aliphatic rings. The van der Waals surface area contributed by atoms with Crippen LogP contribution in [-0.4, -0.2) is 30.2 Å². The molecule has 0 amide bonds. The van der Waals surface area contributed by atoms with E-state index in [-0.39, 0.29) is 13.3 Å². The van der Waals surface area contributed by atoms with Gasteiger partial charge in [-0.2, -0.15) is 0 Å². The van der Waals surface area contributed by atoms with Gasteiger partial charge in [-0.3, -0.25) is 0 Å². The van der Waals surface area contributed by atoms with Crippen LogP contribution in [0.25, 0.3) is 0 Å². The predicted octanol–water partition coefficient (Wildman–Crippen LogP) is 9.12. The van der Waals surface area contributed by atoms with Crippen molar-refractivity contribution in [2.75, 3.05) is 0 Å². The maximum absolute atomic E-state index is 4.81. The summed E-state index contributed by atoms with van der Waals surface area (Å²) in [5, 5.41) is 1.26. The highest BCUT2D eigenvalue weighted by Gasteiger charge is 2.62. The summed E-state index contributed by atoms with van der Waals surface area (Å²) in [6.45, 7) is 7.10. The minimum absolute atomic E-state index is 0.104. The third-order valence-electron chi connectivity index (χ3n) is 13.5. The summed E-state index contributed by atoms with van der Waals surface area (Å²) in [7, 11) is -1.04. The Balaban J connectivity index is 1.15. The van der Waals surface area contributed by atoms with Crippen molar-refractivity contribution >= 4 is 27.0 Å². The predicted molar refractivity (Wildman–Crippen MR) is 192 cm³/mol. The van der Waals surface area contributed by atoms with Crippen molar-refractivity contribution in [2.45, 2.75) is 126 Å². The minimum atomic E-state index is -0.908. The van der Waals surface area contributed by atoms with Gasteiger partial charge in [-0.05, 0) is 163 Å². The van der Waals surface area contributed by atoms with Gasteiger partial charge in [0.05, 0.1) is 0 Å². The number of hydrogen-bond acceptors (Lipinski definition) is 4. The lowest BCUT2D eigenvalue weighted by molar-refractivity contribution is 0.0184. The molecule has 0 aliphatic heterocycles. The first-order valence-electron chi connectivity index (χ1n) is 18.5. The Kier molecular flexibility index (Phi) is 7.52. The van der Waals surface area contributed by atoms with E-state index in [2.05, 4.69) is 39.0 Å². The highest BCUT2D eigenvalue weighted by molar-refractivity contribution is 7.71. The summed E-state index contributed by atoms with van der Waals surface area (Å²) >= 11 is 0. The topological polar surface area (TPSA) is 51.6 Å². The van der Waals surface area contributed by atoms with E-state index in [1.165, 1.54) is 17.3 Å². The van der Waals surface area contributed by atoms with Gasteiger partial charge >= 0.3 is 0 Å². The van der Waals surface area contributed by atoms with Gasteiger partial charge in [0, 0.05) is 38.9 Å². The monoisotopic (exact) mass is 650 g/mol. The van der Waals surface area contributed by atoms with Crippen LogP contribution >= 0.6 is 15.8 Å². The highest BCUT2D eigenvalue weighted by Crippen LogP contribution is 2.79. The summed E-state index contributed by atoms with van der Waals surface area (Å²) < 4.78 is 0. The molecule has 2 aromatic heterocycles. The molecule has 0 spiro atoms. The molecule has 0 atom stereocenters. The lowest BCUT2D eigenvalue weighted by Crippen LogP contribution is -2.56. The third-order valence-corrected chi connectivity index (χ3v) is 19.6. The van der Waals surface area contributed by atoms with Crippen molar-refractivity contribution in [3.8, 4) is 0 Å². The van der Waals surface area contributed by atoms with Crippen LogP contribution in [0.15, 0.2) is 55.1 Å². The zero-order chi connectivity index (χ0) is 31.1. The van der Waals surface area contributed by atoms with Crippen molar-refractivity contribution < 1.29 is 0 Å². The second-order valence-electron chi connectivity index (χ2n) is 17.8. The van der Waals surface area contributed by atoms with Crippen LogP contribution in [0, 0.1) is 35.5 Å². The Labute approximate surface area is 279 Å². The Hall–Kier alpha value is -1.76. The Morgan fingerprint density at radius 3 is 1.39 bits per heavy atom. The quantitative estimate of drug-likeness (QED) is 0.228. The van der Waals surface area contributed by atoms with Crippen molar-refractivity contribution in [1.82, 2.24) is 19.9 Å². The van der Waals surface area contributed by atoms with E-state index >= 15 is 0 Å². The van der Waals surface area contributed by atoms with E-state index in [1.807, 2.05) is 36.9 Å². The van der Waals surface area contributed by atoms with Crippen molar-refractivity contribution in [2.24, 2.45) is 35.5 Å². The van der Waals surface area contributed by atoms with E-state index in [0.717, 1.165) is 52.8 Å². The molecule has 4 nitrogen and oxygen atoms in total. The van der Waals surface area contributed by atoms with Gasteiger partial charge in [0.15, 0.2) is 11.1 Å². The molecule has 6 heteroatoms. The first kappa shape index (κ1) is 30.3. The molecule has 242 valence electrons. The molecule has 0 radical (unpaired) electrons. The van der Waals surface area contributed by atoms with Crippen molar-refractivity contribution in [1.29, 1.82) is 0 Å². The van der Waals surface area contributed by atoms with Gasteiger partial charge in [-0.1, -0.05) is 46.9 Å².